The van der Waals surface area contributed by atoms with Crippen molar-refractivity contribution in [1.82, 2.24) is 4.98 Å². The van der Waals surface area contributed by atoms with E-state index in [4.69, 9.17) is 21.1 Å². The molecule has 5 rings (SSSR count). The van der Waals surface area contributed by atoms with Crippen LogP contribution >= 0.6 is 24.0 Å². The first-order valence-corrected chi connectivity index (χ1v) is 10.5. The minimum Gasteiger partial charge on any atom is -0.490 e. The first-order valence-electron chi connectivity index (χ1n) is 10.1. The van der Waals surface area contributed by atoms with Gasteiger partial charge in [-0.05, 0) is 48.4 Å². The van der Waals surface area contributed by atoms with Crippen molar-refractivity contribution in [3.05, 3.63) is 64.7 Å². The zero-order valence-corrected chi connectivity index (χ0v) is 19.5. The van der Waals surface area contributed by atoms with Crippen LogP contribution in [0.5, 0.6) is 17.5 Å². The Bertz CT molecular complexity index is 1370. The first-order chi connectivity index (χ1) is 15.4. The molecule has 0 saturated heterocycles. The lowest BCUT2D eigenvalue weighted by molar-refractivity contribution is -0.359. The zero-order valence-electron chi connectivity index (χ0n) is 17.9. The van der Waals surface area contributed by atoms with E-state index in [0.29, 0.717) is 29.0 Å². The Kier molecular flexibility index (Phi) is 6.10. The molecule has 9 heteroatoms. The Morgan fingerprint density at radius 1 is 1.21 bits per heavy atom. The van der Waals surface area contributed by atoms with Gasteiger partial charge < -0.3 is 19.5 Å². The van der Waals surface area contributed by atoms with Crippen LogP contribution in [0.25, 0.3) is 22.2 Å². The fourth-order valence-corrected chi connectivity index (χ4v) is 4.14. The van der Waals surface area contributed by atoms with Crippen molar-refractivity contribution in [2.75, 3.05) is 25.1 Å². The minimum atomic E-state index is -0.995. The third kappa shape index (κ3) is 4.29. The summed E-state index contributed by atoms with van der Waals surface area (Å²) in [5, 5.41) is 9.92. The number of H-pyrrole nitrogens is 2. The summed E-state index contributed by atoms with van der Waals surface area (Å²) in [6.45, 7) is 3.25. The number of benzene rings is 3. The number of hydrogen-bond donors (Lipinski definition) is 2. The van der Waals surface area contributed by atoms with Gasteiger partial charge in [-0.3, -0.25) is 0 Å². The van der Waals surface area contributed by atoms with E-state index in [1.807, 2.05) is 37.4 Å². The van der Waals surface area contributed by atoms with Crippen LogP contribution in [0, 0.1) is 6.92 Å². The van der Waals surface area contributed by atoms with Crippen molar-refractivity contribution in [3.63, 3.8) is 0 Å². The lowest BCUT2D eigenvalue weighted by atomic mass is 10.0. The van der Waals surface area contributed by atoms with Gasteiger partial charge in [0.1, 0.15) is 18.1 Å². The molecular weight excluding hydrogens is 465 g/mol. The summed E-state index contributed by atoms with van der Waals surface area (Å²) in [5.41, 5.74) is 5.32. The molecule has 3 N–H and O–H groups in total. The number of nitrogens with zero attached hydrogens (tertiary/aromatic N) is 1. The highest BCUT2D eigenvalue weighted by molar-refractivity contribution is 6.34. The highest BCUT2D eigenvalue weighted by Crippen LogP contribution is 2.38. The fourth-order valence-electron chi connectivity index (χ4n) is 3.87. The molecular formula is C24H22Cl2N3O4+. The number of aryl methyl sites for hydroxylation is 1. The molecule has 0 aliphatic carbocycles. The summed E-state index contributed by atoms with van der Waals surface area (Å²) in [6, 6.07) is 15.2. The number of rotatable bonds is 4. The van der Waals surface area contributed by atoms with E-state index < -0.39 is 5.97 Å². The van der Waals surface area contributed by atoms with Crippen LogP contribution in [-0.4, -0.2) is 36.3 Å². The summed E-state index contributed by atoms with van der Waals surface area (Å²) >= 11 is 6.60. The average Bonchev–Trinajstić information content (AvgIpc) is 3.15. The molecule has 1 aromatic heterocycles. The van der Waals surface area contributed by atoms with Gasteiger partial charge in [-0.15, -0.1) is 12.4 Å². The number of carboxylic acid groups (broad SMARTS) is 1. The van der Waals surface area contributed by atoms with Gasteiger partial charge in [0.05, 0.1) is 22.8 Å². The Morgan fingerprint density at radius 3 is 2.82 bits per heavy atom. The van der Waals surface area contributed by atoms with Gasteiger partial charge in [0, 0.05) is 18.7 Å². The number of likely N-dealkylation sites (N-methyl/N-ethyl adjacent to an activating group) is 1. The third-order valence-corrected chi connectivity index (χ3v) is 5.94. The summed E-state index contributed by atoms with van der Waals surface area (Å²) < 4.78 is 11.7. The second kappa shape index (κ2) is 8.84. The van der Waals surface area contributed by atoms with Crippen molar-refractivity contribution >= 4 is 46.7 Å². The molecule has 1 aliphatic rings. The Hall–Kier alpha value is -3.42. The zero-order chi connectivity index (χ0) is 22.4. The number of aromatic carboxylic acids is 1. The maximum atomic E-state index is 11.4. The van der Waals surface area contributed by atoms with E-state index in [0.717, 1.165) is 40.1 Å². The Morgan fingerprint density at radius 2 is 2.03 bits per heavy atom. The van der Waals surface area contributed by atoms with Crippen LogP contribution in [-0.2, 0) is 0 Å². The summed E-state index contributed by atoms with van der Waals surface area (Å²) in [6.07, 6.45) is 0. The predicted octanol–water partition coefficient (Wildman–Crippen LogP) is 5.35. The van der Waals surface area contributed by atoms with E-state index in [1.54, 1.807) is 19.1 Å². The van der Waals surface area contributed by atoms with Gasteiger partial charge in [0.15, 0.2) is 11.0 Å². The number of carboxylic acids is 1. The summed E-state index contributed by atoms with van der Waals surface area (Å²) in [5.74, 6) is 0.256. The molecule has 3 aromatic carbocycles. The van der Waals surface area contributed by atoms with Crippen molar-refractivity contribution in [2.45, 2.75) is 6.92 Å². The fraction of sp³-hybridized carbons (Fsp3) is 0.167. The normalized spacial score (nSPS) is 12.6. The number of carbonyl (C=O) groups is 1. The quantitative estimate of drug-likeness (QED) is 0.405. The van der Waals surface area contributed by atoms with Gasteiger partial charge in [0.25, 0.3) is 0 Å². The molecule has 0 atom stereocenters. The van der Waals surface area contributed by atoms with Gasteiger partial charge in [-0.25, -0.2) is 14.8 Å². The van der Waals surface area contributed by atoms with E-state index in [9.17, 15) is 9.90 Å². The number of ether oxygens (including phenoxy) is 2. The van der Waals surface area contributed by atoms with Crippen LogP contribution in [0.1, 0.15) is 15.9 Å². The number of hydrogen-bond acceptors (Lipinski definition) is 4. The minimum absolute atomic E-state index is 0. The average molecular weight is 487 g/mol. The van der Waals surface area contributed by atoms with Crippen LogP contribution in [0.2, 0.25) is 5.02 Å². The predicted molar refractivity (Wildman–Crippen MR) is 130 cm³/mol. The van der Waals surface area contributed by atoms with E-state index in [1.165, 1.54) is 6.07 Å². The topological polar surface area (TPSA) is 88.9 Å². The van der Waals surface area contributed by atoms with Gasteiger partial charge in [-0.1, -0.05) is 23.7 Å². The molecule has 0 spiro atoms. The molecule has 0 amide bonds. The van der Waals surface area contributed by atoms with Crippen LogP contribution in [0.4, 0.5) is 5.69 Å². The maximum Gasteiger partial charge on any atom is 0.458 e. The number of aromatic nitrogens is 2. The third-order valence-electron chi connectivity index (χ3n) is 5.63. The summed E-state index contributed by atoms with van der Waals surface area (Å²) in [7, 11) is 2.05. The molecule has 2 heterocycles. The first kappa shape index (κ1) is 22.8. The van der Waals surface area contributed by atoms with Crippen molar-refractivity contribution in [3.8, 4) is 28.6 Å². The molecule has 33 heavy (non-hydrogen) atoms. The molecule has 0 unspecified atom stereocenters. The molecule has 4 aromatic rings. The summed E-state index contributed by atoms with van der Waals surface area (Å²) in [4.78, 5) is 19.9. The van der Waals surface area contributed by atoms with Gasteiger partial charge >= 0.3 is 12.0 Å². The largest absolute Gasteiger partial charge is 0.490 e. The lowest BCUT2D eigenvalue weighted by Crippen LogP contribution is -2.28. The molecule has 170 valence electrons. The Balaban J connectivity index is 0.00000259. The SMILES string of the molecule is Cc1ccc(Oc2[nH]c3cc(Cl)c(-c4ccc5c(c4)OCCN5C)cc3[nH+]2)cc1C(=O)O.Cl. The van der Waals surface area contributed by atoms with Crippen LogP contribution in [0.3, 0.4) is 0 Å². The molecule has 0 radical (unpaired) electrons. The highest BCUT2D eigenvalue weighted by atomic mass is 35.5. The van der Waals surface area contributed by atoms with Gasteiger partial charge in [-0.2, -0.15) is 0 Å². The lowest BCUT2D eigenvalue weighted by Gasteiger charge is -2.28. The maximum absolute atomic E-state index is 11.4. The highest BCUT2D eigenvalue weighted by Gasteiger charge is 2.20. The molecule has 0 bridgehead atoms. The number of nitrogens with one attached hydrogen (secondary N) is 2. The Labute approximate surface area is 201 Å². The number of aromatic amines is 2. The number of anilines is 1. The number of halogens is 2. The molecule has 0 saturated carbocycles. The van der Waals surface area contributed by atoms with Crippen LogP contribution in [0.15, 0.2) is 48.5 Å². The van der Waals surface area contributed by atoms with E-state index in [2.05, 4.69) is 14.9 Å². The van der Waals surface area contributed by atoms with E-state index in [-0.39, 0.29) is 18.0 Å². The molecule has 7 nitrogen and oxygen atoms in total. The number of fused-ring (bicyclic) bond motifs is 2. The second-order valence-corrected chi connectivity index (χ2v) is 8.20. The van der Waals surface area contributed by atoms with Gasteiger partial charge in [0.2, 0.25) is 0 Å². The number of imidazole rings is 1. The van der Waals surface area contributed by atoms with E-state index >= 15 is 0 Å². The van der Waals surface area contributed by atoms with Crippen LogP contribution < -0.4 is 19.4 Å². The molecule has 0 fully saturated rings. The van der Waals surface area contributed by atoms with Crippen molar-refractivity contribution in [2.24, 2.45) is 0 Å². The monoisotopic (exact) mass is 486 g/mol. The second-order valence-electron chi connectivity index (χ2n) is 7.79. The molecule has 1 aliphatic heterocycles. The smallest absolute Gasteiger partial charge is 0.458 e. The van der Waals surface area contributed by atoms with Crippen molar-refractivity contribution < 1.29 is 24.4 Å². The standard InChI is InChI=1S/C24H20ClN3O4.ClH/c1-13-3-5-15(10-16(13)23(29)30)32-24-26-19-11-17(18(25)12-20(19)27-24)14-4-6-21-22(9-14)31-8-7-28(21)2;/h3-6,9-12H,7-8H2,1-2H3,(H,26,27)(H,29,30);1H/p+1. The van der Waals surface area contributed by atoms with Crippen molar-refractivity contribution in [1.29, 1.82) is 0 Å².